The number of nitrogens with zero attached hydrogens (tertiary/aromatic N) is 1. The van der Waals surface area contributed by atoms with Crippen LogP contribution >= 0.6 is 0 Å². The molecular weight excluding hydrogens is 320 g/mol. The predicted molar refractivity (Wildman–Crippen MR) is 91.0 cm³/mol. The van der Waals surface area contributed by atoms with Gasteiger partial charge < -0.3 is 0 Å². The molecule has 0 spiro atoms. The van der Waals surface area contributed by atoms with Gasteiger partial charge in [-0.3, -0.25) is 19.7 Å². The summed E-state index contributed by atoms with van der Waals surface area (Å²) in [6, 6.07) is 15.5. The van der Waals surface area contributed by atoms with E-state index in [4.69, 9.17) is 0 Å². The van der Waals surface area contributed by atoms with E-state index in [0.29, 0.717) is 5.69 Å². The molecule has 1 saturated heterocycles. The molecule has 2 aromatic carbocycles. The summed E-state index contributed by atoms with van der Waals surface area (Å²) in [7, 11) is 0. The molecular formula is C19H16N2O4. The molecule has 0 aliphatic carbocycles. The lowest BCUT2D eigenvalue weighted by molar-refractivity contribution is -0.139. The zero-order chi connectivity index (χ0) is 18.0. The van der Waals surface area contributed by atoms with Crippen LogP contribution in [0.5, 0.6) is 0 Å². The zero-order valence-corrected chi connectivity index (χ0v) is 13.6. The fourth-order valence-electron chi connectivity index (χ4n) is 2.96. The first-order chi connectivity index (χ1) is 12.0. The molecule has 2 aromatic rings. The number of Topliss-reactive ketones (excluding diaryl/α,β-unsaturated/α-hetero) is 1. The second-order valence-electron chi connectivity index (χ2n) is 5.69. The molecule has 1 heterocycles. The van der Waals surface area contributed by atoms with Crippen LogP contribution in [0.3, 0.4) is 0 Å². The normalized spacial score (nSPS) is 20.4. The van der Waals surface area contributed by atoms with Gasteiger partial charge in [0.1, 0.15) is 0 Å². The molecule has 4 amide bonds. The summed E-state index contributed by atoms with van der Waals surface area (Å²) >= 11 is 0. The van der Waals surface area contributed by atoms with Gasteiger partial charge in [0, 0.05) is 5.56 Å². The van der Waals surface area contributed by atoms with E-state index in [-0.39, 0.29) is 12.0 Å². The number of imide groups is 2. The van der Waals surface area contributed by atoms with Crippen molar-refractivity contribution in [2.45, 2.75) is 13.3 Å². The Labute approximate surface area is 144 Å². The van der Waals surface area contributed by atoms with Crippen molar-refractivity contribution in [3.05, 3.63) is 66.2 Å². The van der Waals surface area contributed by atoms with Gasteiger partial charge in [-0.15, -0.1) is 0 Å². The molecule has 126 valence electrons. The van der Waals surface area contributed by atoms with Crippen molar-refractivity contribution in [1.82, 2.24) is 5.32 Å². The number of amides is 4. The summed E-state index contributed by atoms with van der Waals surface area (Å²) in [6.45, 7) is 1.58. The van der Waals surface area contributed by atoms with E-state index in [1.807, 2.05) is 0 Å². The average molecular weight is 336 g/mol. The molecule has 0 radical (unpaired) electrons. The molecule has 6 heteroatoms. The van der Waals surface area contributed by atoms with Gasteiger partial charge in [-0.2, -0.15) is 0 Å². The van der Waals surface area contributed by atoms with Crippen LogP contribution in [0.1, 0.15) is 23.7 Å². The van der Waals surface area contributed by atoms with Crippen molar-refractivity contribution in [3.63, 3.8) is 0 Å². The minimum atomic E-state index is -1.97. The number of hydrogen-bond acceptors (Lipinski definition) is 4. The van der Waals surface area contributed by atoms with Crippen molar-refractivity contribution in [2.75, 3.05) is 4.90 Å². The number of para-hydroxylation sites is 1. The van der Waals surface area contributed by atoms with Crippen molar-refractivity contribution in [3.8, 4) is 0 Å². The van der Waals surface area contributed by atoms with Crippen LogP contribution in [-0.2, 0) is 9.59 Å². The Kier molecular flexibility index (Phi) is 4.19. The molecule has 6 nitrogen and oxygen atoms in total. The molecule has 1 atom stereocenters. The van der Waals surface area contributed by atoms with Gasteiger partial charge in [-0.25, -0.2) is 9.69 Å². The van der Waals surface area contributed by atoms with Crippen LogP contribution in [0.15, 0.2) is 60.7 Å². The summed E-state index contributed by atoms with van der Waals surface area (Å²) in [4.78, 5) is 51.8. The van der Waals surface area contributed by atoms with Crippen molar-refractivity contribution < 1.29 is 19.2 Å². The van der Waals surface area contributed by atoms with Gasteiger partial charge in [0.15, 0.2) is 11.2 Å². The Hall–Kier alpha value is -3.28. The third-order valence-electron chi connectivity index (χ3n) is 4.35. The molecule has 1 fully saturated rings. The standard InChI is InChI=1S/C19H16N2O4/c1-2-19(15(22)13-9-5-3-6-10-13)16(23)20-18(25)21(17(19)24)14-11-7-4-8-12-14/h3-12H,2H2,1H3,(H,20,23,25). The minimum absolute atomic E-state index is 0.0536. The SMILES string of the molecule is CCC1(C(=O)c2ccccc2)C(=O)NC(=O)N(c2ccccc2)C1=O. The van der Waals surface area contributed by atoms with Crippen LogP contribution in [0, 0.1) is 5.41 Å². The quantitative estimate of drug-likeness (QED) is 0.687. The van der Waals surface area contributed by atoms with Crippen LogP contribution in [0.2, 0.25) is 0 Å². The molecule has 1 aliphatic heterocycles. The highest BCUT2D eigenvalue weighted by Crippen LogP contribution is 2.35. The zero-order valence-electron chi connectivity index (χ0n) is 13.6. The van der Waals surface area contributed by atoms with Gasteiger partial charge in [0.05, 0.1) is 5.69 Å². The highest BCUT2D eigenvalue weighted by atomic mass is 16.2. The number of anilines is 1. The van der Waals surface area contributed by atoms with Gasteiger partial charge in [0.2, 0.25) is 0 Å². The van der Waals surface area contributed by atoms with Gasteiger partial charge in [0.25, 0.3) is 11.8 Å². The summed E-state index contributed by atoms with van der Waals surface area (Å²) in [5, 5.41) is 2.16. The molecule has 0 bridgehead atoms. The molecule has 1 N–H and O–H groups in total. The Balaban J connectivity index is 2.12. The van der Waals surface area contributed by atoms with Crippen molar-refractivity contribution in [1.29, 1.82) is 0 Å². The van der Waals surface area contributed by atoms with Gasteiger partial charge in [-0.1, -0.05) is 55.5 Å². The van der Waals surface area contributed by atoms with Crippen LogP contribution in [0.4, 0.5) is 10.5 Å². The summed E-state index contributed by atoms with van der Waals surface area (Å²) < 4.78 is 0. The Morgan fingerprint density at radius 1 is 0.960 bits per heavy atom. The molecule has 0 saturated carbocycles. The minimum Gasteiger partial charge on any atom is -0.292 e. The number of urea groups is 1. The lowest BCUT2D eigenvalue weighted by Gasteiger charge is -2.37. The maximum Gasteiger partial charge on any atom is 0.335 e. The summed E-state index contributed by atoms with van der Waals surface area (Å²) in [6.07, 6.45) is -0.0536. The van der Waals surface area contributed by atoms with Crippen LogP contribution in [0.25, 0.3) is 0 Å². The van der Waals surface area contributed by atoms with E-state index < -0.39 is 29.0 Å². The molecule has 25 heavy (non-hydrogen) atoms. The fourth-order valence-corrected chi connectivity index (χ4v) is 2.96. The number of carbonyl (C=O) groups is 4. The van der Waals surface area contributed by atoms with Crippen LogP contribution in [-0.4, -0.2) is 23.6 Å². The highest BCUT2D eigenvalue weighted by Gasteiger charge is 2.58. The number of ketones is 1. The smallest absolute Gasteiger partial charge is 0.292 e. The number of benzene rings is 2. The van der Waals surface area contributed by atoms with Crippen LogP contribution < -0.4 is 10.2 Å². The maximum atomic E-state index is 13.1. The Morgan fingerprint density at radius 2 is 1.52 bits per heavy atom. The summed E-state index contributed by atoms with van der Waals surface area (Å²) in [5.41, 5.74) is -1.42. The highest BCUT2D eigenvalue weighted by molar-refractivity contribution is 6.39. The number of carbonyl (C=O) groups excluding carboxylic acids is 4. The average Bonchev–Trinajstić information content (AvgIpc) is 2.63. The lowest BCUT2D eigenvalue weighted by Crippen LogP contribution is -2.66. The molecule has 1 aliphatic rings. The van der Waals surface area contributed by atoms with E-state index >= 15 is 0 Å². The van der Waals surface area contributed by atoms with E-state index in [1.165, 1.54) is 0 Å². The molecule has 1 unspecified atom stereocenters. The van der Waals surface area contributed by atoms with Gasteiger partial charge in [-0.05, 0) is 18.6 Å². The van der Waals surface area contributed by atoms with E-state index in [1.54, 1.807) is 67.6 Å². The first-order valence-corrected chi connectivity index (χ1v) is 7.87. The van der Waals surface area contributed by atoms with Crippen molar-refractivity contribution in [2.24, 2.45) is 5.41 Å². The molecule has 3 rings (SSSR count). The monoisotopic (exact) mass is 336 g/mol. The fraction of sp³-hybridized carbons (Fsp3) is 0.158. The second kappa shape index (κ2) is 6.32. The largest absolute Gasteiger partial charge is 0.335 e. The number of barbiturate groups is 1. The Bertz CT molecular complexity index is 848. The van der Waals surface area contributed by atoms with E-state index in [9.17, 15) is 19.2 Å². The lowest BCUT2D eigenvalue weighted by atomic mass is 9.74. The molecule has 0 aromatic heterocycles. The number of nitrogens with one attached hydrogen (secondary N) is 1. The number of rotatable bonds is 4. The summed E-state index contributed by atoms with van der Waals surface area (Å²) in [5.74, 6) is -2.33. The van der Waals surface area contributed by atoms with E-state index in [0.717, 1.165) is 4.90 Å². The third kappa shape index (κ3) is 2.52. The second-order valence-corrected chi connectivity index (χ2v) is 5.69. The van der Waals surface area contributed by atoms with E-state index in [2.05, 4.69) is 5.32 Å². The first kappa shape index (κ1) is 16.6. The maximum absolute atomic E-state index is 13.1. The first-order valence-electron chi connectivity index (χ1n) is 7.87. The van der Waals surface area contributed by atoms with Gasteiger partial charge >= 0.3 is 6.03 Å². The number of hydrogen-bond donors (Lipinski definition) is 1. The van der Waals surface area contributed by atoms with Crippen molar-refractivity contribution >= 4 is 29.3 Å². The third-order valence-corrected chi connectivity index (χ3v) is 4.35. The Morgan fingerprint density at radius 3 is 2.08 bits per heavy atom. The predicted octanol–water partition coefficient (Wildman–Crippen LogP) is 2.55. The topological polar surface area (TPSA) is 83.6 Å².